The maximum atomic E-state index is 14.7. The highest BCUT2D eigenvalue weighted by molar-refractivity contribution is 6.01. The number of carboxylic acid groups (broad SMARTS) is 1. The summed E-state index contributed by atoms with van der Waals surface area (Å²) in [5.41, 5.74) is 0.359. The van der Waals surface area contributed by atoms with Crippen LogP contribution >= 0.6 is 12.4 Å². The number of amides is 1. The van der Waals surface area contributed by atoms with Gasteiger partial charge in [0.25, 0.3) is 5.91 Å². The van der Waals surface area contributed by atoms with E-state index in [0.29, 0.717) is 5.92 Å². The van der Waals surface area contributed by atoms with E-state index in [1.807, 2.05) is 6.07 Å². The molecule has 0 unspecified atom stereocenters. The van der Waals surface area contributed by atoms with E-state index < -0.39 is 29.7 Å². The Balaban J connectivity index is 0.00000225. The molecule has 1 amide bonds. The largest absolute Gasteiger partial charge is 0.480 e. The van der Waals surface area contributed by atoms with Crippen molar-refractivity contribution in [1.82, 2.24) is 19.9 Å². The van der Waals surface area contributed by atoms with E-state index in [2.05, 4.69) is 15.4 Å². The molecule has 8 nitrogen and oxygen atoms in total. The standard InChI is InChI=1S/C18H15FN4O4.ClH/c19-12-5-10(9-1-2-9)3-4-11(12)13-6-14(24)16(17-21-8-22-23(13)17)18(27)20-7-15(25)26;/h3-6,8-9H,1-2,7H2,(H,20,27)(H,21,22)(H,25,26);1H. The number of carboxylic acids is 1. The summed E-state index contributed by atoms with van der Waals surface area (Å²) in [4.78, 5) is 39.3. The summed E-state index contributed by atoms with van der Waals surface area (Å²) in [6, 6.07) is 6.04. The summed E-state index contributed by atoms with van der Waals surface area (Å²) in [7, 11) is 0. The zero-order chi connectivity index (χ0) is 19.1. The van der Waals surface area contributed by atoms with Gasteiger partial charge >= 0.3 is 5.97 Å². The number of benzene rings is 1. The number of nitrogens with zero attached hydrogens (tertiary/aromatic N) is 2. The number of hydrogen-bond acceptors (Lipinski definition) is 4. The summed E-state index contributed by atoms with van der Waals surface area (Å²) >= 11 is 0. The highest BCUT2D eigenvalue weighted by Gasteiger charge is 2.25. The molecular formula is C18H16ClFN4O4. The second-order valence-corrected chi connectivity index (χ2v) is 6.41. The first-order valence-electron chi connectivity index (χ1n) is 8.34. The van der Waals surface area contributed by atoms with Crippen LogP contribution in [-0.4, -0.2) is 38.1 Å². The molecule has 2 heterocycles. The Kier molecular flexibility index (Phi) is 5.19. The molecule has 10 heteroatoms. The Morgan fingerprint density at radius 3 is 2.71 bits per heavy atom. The smallest absolute Gasteiger partial charge is 0.322 e. The number of H-pyrrole nitrogens is 1. The van der Waals surface area contributed by atoms with Crippen LogP contribution in [0, 0.1) is 5.82 Å². The maximum absolute atomic E-state index is 14.7. The predicted molar refractivity (Wildman–Crippen MR) is 100 cm³/mol. The van der Waals surface area contributed by atoms with E-state index in [1.165, 1.54) is 16.9 Å². The lowest BCUT2D eigenvalue weighted by molar-refractivity contribution is -0.135. The van der Waals surface area contributed by atoms with Gasteiger partial charge in [-0.1, -0.05) is 6.07 Å². The summed E-state index contributed by atoms with van der Waals surface area (Å²) in [6.07, 6.45) is 3.36. The molecular weight excluding hydrogens is 391 g/mol. The molecule has 1 aliphatic carbocycles. The van der Waals surface area contributed by atoms with Gasteiger partial charge in [0.2, 0.25) is 0 Å². The number of pyridine rings is 1. The Morgan fingerprint density at radius 2 is 2.07 bits per heavy atom. The minimum absolute atomic E-state index is 0. The first-order valence-corrected chi connectivity index (χ1v) is 8.34. The molecule has 3 N–H and O–H groups in total. The monoisotopic (exact) mass is 406 g/mol. The molecule has 0 bridgehead atoms. The van der Waals surface area contributed by atoms with Crippen LogP contribution in [0.5, 0.6) is 0 Å². The number of aliphatic carboxylic acids is 1. The molecule has 1 fully saturated rings. The van der Waals surface area contributed by atoms with Gasteiger partial charge in [-0.05, 0) is 36.5 Å². The van der Waals surface area contributed by atoms with Crippen LogP contribution in [0.4, 0.5) is 4.39 Å². The van der Waals surface area contributed by atoms with Gasteiger partial charge in [0.05, 0.1) is 5.69 Å². The van der Waals surface area contributed by atoms with E-state index >= 15 is 0 Å². The SMILES string of the molecule is Cl.O=C(O)CNC(=O)c1c(=O)cc(-c2ccc(C3CC3)cc2F)n2[nH]cnc12. The van der Waals surface area contributed by atoms with Gasteiger partial charge in [0.15, 0.2) is 11.1 Å². The second kappa shape index (κ2) is 7.43. The fraction of sp³-hybridized carbons (Fsp3) is 0.222. The van der Waals surface area contributed by atoms with Crippen molar-refractivity contribution in [1.29, 1.82) is 0 Å². The minimum Gasteiger partial charge on any atom is -0.480 e. The molecule has 0 spiro atoms. The molecule has 0 saturated heterocycles. The van der Waals surface area contributed by atoms with Crippen LogP contribution in [0.15, 0.2) is 35.4 Å². The Labute approximate surface area is 163 Å². The Morgan fingerprint density at radius 1 is 1.32 bits per heavy atom. The lowest BCUT2D eigenvalue weighted by Gasteiger charge is -2.10. The first kappa shape index (κ1) is 19.6. The van der Waals surface area contributed by atoms with Crippen molar-refractivity contribution in [3.63, 3.8) is 0 Å². The normalized spacial score (nSPS) is 13.2. The minimum atomic E-state index is -1.24. The van der Waals surface area contributed by atoms with Crippen LogP contribution in [0.1, 0.15) is 34.7 Å². The summed E-state index contributed by atoms with van der Waals surface area (Å²) in [5.74, 6) is -2.17. The number of carbonyl (C=O) groups excluding carboxylic acids is 1. The molecule has 3 aromatic rings. The lowest BCUT2D eigenvalue weighted by atomic mass is 10.0. The molecule has 0 atom stereocenters. The van der Waals surface area contributed by atoms with Crippen molar-refractivity contribution in [2.45, 2.75) is 18.8 Å². The fourth-order valence-corrected chi connectivity index (χ4v) is 3.06. The van der Waals surface area contributed by atoms with Crippen molar-refractivity contribution >= 4 is 29.9 Å². The van der Waals surface area contributed by atoms with Gasteiger partial charge in [0.1, 0.15) is 24.3 Å². The topological polar surface area (TPSA) is 117 Å². The number of aromatic amines is 1. The second-order valence-electron chi connectivity index (χ2n) is 6.41. The third-order valence-electron chi connectivity index (χ3n) is 4.51. The lowest BCUT2D eigenvalue weighted by Crippen LogP contribution is -2.33. The van der Waals surface area contributed by atoms with E-state index in [1.54, 1.807) is 6.07 Å². The third kappa shape index (κ3) is 3.48. The molecule has 4 rings (SSSR count). The van der Waals surface area contributed by atoms with E-state index in [-0.39, 0.29) is 34.9 Å². The molecule has 1 saturated carbocycles. The zero-order valence-corrected chi connectivity index (χ0v) is 15.3. The number of nitrogens with one attached hydrogen (secondary N) is 2. The maximum Gasteiger partial charge on any atom is 0.322 e. The van der Waals surface area contributed by atoms with Gasteiger partial charge < -0.3 is 10.4 Å². The molecule has 1 aromatic carbocycles. The van der Waals surface area contributed by atoms with E-state index in [0.717, 1.165) is 24.5 Å². The van der Waals surface area contributed by atoms with Crippen LogP contribution in [0.2, 0.25) is 0 Å². The zero-order valence-electron chi connectivity index (χ0n) is 14.4. The molecule has 28 heavy (non-hydrogen) atoms. The van der Waals surface area contributed by atoms with E-state index in [4.69, 9.17) is 5.11 Å². The van der Waals surface area contributed by atoms with E-state index in [9.17, 15) is 18.8 Å². The summed E-state index contributed by atoms with van der Waals surface area (Å²) in [6.45, 7) is -0.631. The van der Waals surface area contributed by atoms with Gasteiger partial charge in [-0.3, -0.25) is 19.5 Å². The molecule has 146 valence electrons. The highest BCUT2D eigenvalue weighted by Crippen LogP contribution is 2.41. The highest BCUT2D eigenvalue weighted by atomic mass is 35.5. The molecule has 1 aliphatic rings. The average molecular weight is 407 g/mol. The van der Waals surface area contributed by atoms with Gasteiger partial charge in [-0.15, -0.1) is 12.4 Å². The number of aromatic nitrogens is 3. The number of rotatable bonds is 5. The van der Waals surface area contributed by atoms with Crippen LogP contribution in [-0.2, 0) is 4.79 Å². The Bertz CT molecular complexity index is 1140. The quantitative estimate of drug-likeness (QED) is 0.598. The summed E-state index contributed by atoms with van der Waals surface area (Å²) < 4.78 is 16.0. The van der Waals surface area contributed by atoms with Crippen molar-refractivity contribution < 1.29 is 19.1 Å². The average Bonchev–Trinajstić information content (AvgIpc) is 3.37. The molecule has 0 aliphatic heterocycles. The van der Waals surface area contributed by atoms with Crippen molar-refractivity contribution in [3.05, 3.63) is 57.8 Å². The Hall–Kier alpha value is -3.20. The molecule has 2 aromatic heterocycles. The number of hydrogen-bond donors (Lipinski definition) is 3. The van der Waals surface area contributed by atoms with Crippen LogP contribution in [0.3, 0.4) is 0 Å². The van der Waals surface area contributed by atoms with Crippen molar-refractivity contribution in [2.75, 3.05) is 6.54 Å². The van der Waals surface area contributed by atoms with Crippen molar-refractivity contribution in [2.24, 2.45) is 0 Å². The first-order chi connectivity index (χ1) is 13.0. The van der Waals surface area contributed by atoms with Crippen molar-refractivity contribution in [3.8, 4) is 11.3 Å². The number of carbonyl (C=O) groups is 2. The van der Waals surface area contributed by atoms with Gasteiger partial charge in [-0.2, -0.15) is 0 Å². The number of halogens is 2. The number of fused-ring (bicyclic) bond motifs is 1. The van der Waals surface area contributed by atoms with Gasteiger partial charge in [0, 0.05) is 11.6 Å². The summed E-state index contributed by atoms with van der Waals surface area (Å²) in [5, 5.41) is 13.6. The van der Waals surface area contributed by atoms with Crippen LogP contribution < -0.4 is 10.7 Å². The van der Waals surface area contributed by atoms with Crippen LogP contribution in [0.25, 0.3) is 16.9 Å². The predicted octanol–water partition coefficient (Wildman–Crippen LogP) is 1.94. The fourth-order valence-electron chi connectivity index (χ4n) is 3.06. The molecule has 0 radical (unpaired) electrons. The third-order valence-corrected chi connectivity index (χ3v) is 4.51. The van der Waals surface area contributed by atoms with Gasteiger partial charge in [-0.25, -0.2) is 13.9 Å².